The van der Waals surface area contributed by atoms with Crippen LogP contribution in [0.3, 0.4) is 0 Å². The zero-order chi connectivity index (χ0) is 23.7. The van der Waals surface area contributed by atoms with Crippen LogP contribution in [0, 0.1) is 40.9 Å². The number of hydrogen-bond acceptors (Lipinski definition) is 5. The van der Waals surface area contributed by atoms with Crippen LogP contribution in [0.2, 0.25) is 0 Å². The van der Waals surface area contributed by atoms with E-state index >= 15 is 0 Å². The van der Waals surface area contributed by atoms with E-state index in [1.54, 1.807) is 6.07 Å². The molecule has 170 valence electrons. The number of ketones is 1. The Bertz CT molecular complexity index is 1160. The quantitative estimate of drug-likeness (QED) is 0.307. The molecule has 0 spiro atoms. The van der Waals surface area contributed by atoms with Crippen molar-refractivity contribution >= 4 is 17.1 Å². The summed E-state index contributed by atoms with van der Waals surface area (Å²) in [4.78, 5) is 12.7. The van der Waals surface area contributed by atoms with Crippen LogP contribution in [-0.4, -0.2) is 24.1 Å². The van der Waals surface area contributed by atoms with Crippen LogP contribution in [0.1, 0.15) is 42.6 Å². The van der Waals surface area contributed by atoms with Gasteiger partial charge in [0.25, 0.3) is 0 Å². The van der Waals surface area contributed by atoms with Crippen molar-refractivity contribution in [2.45, 2.75) is 32.7 Å². The maximum absolute atomic E-state index is 12.7. The van der Waals surface area contributed by atoms with Crippen LogP contribution in [0.5, 0.6) is 0 Å². The summed E-state index contributed by atoms with van der Waals surface area (Å²) in [5.74, 6) is 7.63. The lowest BCUT2D eigenvalue weighted by molar-refractivity contribution is 0.106. The Hall–Kier alpha value is -3.36. The predicted octanol–water partition coefficient (Wildman–Crippen LogP) is 3.80. The molecule has 3 aliphatic rings. The van der Waals surface area contributed by atoms with Gasteiger partial charge in [-0.25, -0.2) is 0 Å². The highest BCUT2D eigenvalue weighted by Gasteiger charge is 2.48. The maximum Gasteiger partial charge on any atom is 0.206 e. The third kappa shape index (κ3) is 4.44. The molecule has 4 rings (SSSR count). The molecule has 1 saturated carbocycles. The second-order valence-corrected chi connectivity index (χ2v) is 9.31. The smallest absolute Gasteiger partial charge is 0.206 e. The van der Waals surface area contributed by atoms with E-state index in [-0.39, 0.29) is 42.3 Å². The summed E-state index contributed by atoms with van der Waals surface area (Å²) in [7, 11) is 0. The van der Waals surface area contributed by atoms with E-state index in [2.05, 4.69) is 42.8 Å². The number of rotatable bonds is 6. The lowest BCUT2D eigenvalue weighted by Gasteiger charge is -2.30. The van der Waals surface area contributed by atoms with Crippen molar-refractivity contribution in [1.29, 1.82) is 5.41 Å². The number of hydrogen-bond donors (Lipinski definition) is 4. The molecule has 2 fully saturated rings. The molecule has 6 N–H and O–H groups in total. The fourth-order valence-corrected chi connectivity index (χ4v) is 4.95. The van der Waals surface area contributed by atoms with Gasteiger partial charge in [0.05, 0.1) is 17.7 Å². The fourth-order valence-electron chi connectivity index (χ4n) is 4.95. The van der Waals surface area contributed by atoms with Gasteiger partial charge in [-0.2, -0.15) is 0 Å². The van der Waals surface area contributed by atoms with Gasteiger partial charge in [-0.1, -0.05) is 55.7 Å². The first-order valence-corrected chi connectivity index (χ1v) is 11.5. The van der Waals surface area contributed by atoms with Gasteiger partial charge in [0.15, 0.2) is 0 Å². The molecule has 0 amide bonds. The maximum atomic E-state index is 12.7. The molecule has 0 bridgehead atoms. The number of nitrogens with two attached hydrogens (primary N) is 2. The monoisotopic (exact) mass is 440 g/mol. The second kappa shape index (κ2) is 9.25. The van der Waals surface area contributed by atoms with Gasteiger partial charge in [-0.15, -0.1) is 0 Å². The zero-order valence-corrected chi connectivity index (χ0v) is 19.3. The first-order valence-electron chi connectivity index (χ1n) is 11.5. The Morgan fingerprint density at radius 1 is 1.36 bits per heavy atom. The van der Waals surface area contributed by atoms with Gasteiger partial charge in [-0.3, -0.25) is 4.79 Å². The summed E-state index contributed by atoms with van der Waals surface area (Å²) in [5.41, 5.74) is 17.0. The van der Waals surface area contributed by atoms with Crippen molar-refractivity contribution in [3.63, 3.8) is 0 Å². The molecule has 5 atom stereocenters. The van der Waals surface area contributed by atoms with Gasteiger partial charge in [0.2, 0.25) is 5.78 Å². The largest absolute Gasteiger partial charge is 0.404 e. The normalized spacial score (nSPS) is 28.0. The molecule has 1 aliphatic heterocycles. The zero-order valence-electron chi connectivity index (χ0n) is 19.3. The predicted molar refractivity (Wildman–Crippen MR) is 134 cm³/mol. The number of Topliss-reactive ketones (excluding diaryl/α,β-unsaturated/α-hetero) is 1. The van der Waals surface area contributed by atoms with Crippen molar-refractivity contribution in [2.75, 3.05) is 6.54 Å². The summed E-state index contributed by atoms with van der Waals surface area (Å²) in [5, 5.41) is 11.7. The Morgan fingerprint density at radius 3 is 2.79 bits per heavy atom. The van der Waals surface area contributed by atoms with Gasteiger partial charge in [0.1, 0.15) is 0 Å². The first-order chi connectivity index (χ1) is 15.8. The van der Waals surface area contributed by atoms with E-state index in [0.29, 0.717) is 17.4 Å². The number of allylic oxidation sites excluding steroid dienone is 4. The van der Waals surface area contributed by atoms with E-state index in [9.17, 15) is 4.79 Å². The molecule has 5 nitrogen and oxygen atoms in total. The average molecular weight is 441 g/mol. The summed E-state index contributed by atoms with van der Waals surface area (Å²) in [6.07, 6.45) is 7.45. The van der Waals surface area contributed by atoms with Gasteiger partial charge >= 0.3 is 0 Å². The third-order valence-electron chi connectivity index (χ3n) is 6.95. The van der Waals surface area contributed by atoms with Crippen molar-refractivity contribution in [1.82, 2.24) is 5.32 Å². The minimum atomic E-state index is -0.271. The number of nitrogens with one attached hydrogen (secondary N) is 2. The summed E-state index contributed by atoms with van der Waals surface area (Å²) >= 11 is 0. The Labute approximate surface area is 196 Å². The number of carbonyl (C=O) groups is 1. The van der Waals surface area contributed by atoms with Crippen LogP contribution < -0.4 is 16.8 Å². The van der Waals surface area contributed by atoms with E-state index in [1.165, 1.54) is 18.2 Å². The Kier molecular flexibility index (Phi) is 6.40. The minimum Gasteiger partial charge on any atom is -0.404 e. The number of carbonyl (C=O) groups excluding carboxylic acids is 1. The standard InChI is InChI=1S/C28H32N4O/c1-16(15-30)7-8-21-18(3)32-27-23(24-13-17(24)2)10-9-22(26(21)27)19-5-4-6-20(14-19)28(33)25(31)11-12-29/h4-6,9-10,14-15,17,21,24,26-27,31-32H,3,11-13,29-30H2,1-2H3/b16-15-,31-25?. The first kappa shape index (κ1) is 22.8. The molecule has 1 aromatic rings. The number of benzene rings is 1. The molecule has 0 aromatic heterocycles. The molecule has 1 heterocycles. The molecule has 0 radical (unpaired) electrons. The second-order valence-electron chi connectivity index (χ2n) is 9.31. The number of fused-ring (bicyclic) bond motifs is 1. The van der Waals surface area contributed by atoms with Crippen molar-refractivity contribution < 1.29 is 4.79 Å². The van der Waals surface area contributed by atoms with Crippen LogP contribution in [-0.2, 0) is 0 Å². The average Bonchev–Trinajstić information content (AvgIpc) is 3.45. The molecule has 2 aliphatic carbocycles. The molecule has 33 heavy (non-hydrogen) atoms. The summed E-state index contributed by atoms with van der Waals surface area (Å²) < 4.78 is 0. The van der Waals surface area contributed by atoms with E-state index in [1.807, 2.05) is 25.1 Å². The SMILES string of the molecule is C=C1NC2C(C3CC3C)=CC=C(c3cccc(C(=O)C(=N)CCN)c3)C2C1C#C/C(C)=C\N. The van der Waals surface area contributed by atoms with Gasteiger partial charge in [0, 0.05) is 35.4 Å². The highest BCUT2D eigenvalue weighted by atomic mass is 16.1. The van der Waals surface area contributed by atoms with E-state index in [4.69, 9.17) is 16.9 Å². The topological polar surface area (TPSA) is 105 Å². The van der Waals surface area contributed by atoms with Crippen LogP contribution in [0.15, 0.2) is 66.0 Å². The van der Waals surface area contributed by atoms with Crippen molar-refractivity contribution in [3.8, 4) is 11.8 Å². The van der Waals surface area contributed by atoms with Crippen LogP contribution in [0.4, 0.5) is 0 Å². The van der Waals surface area contributed by atoms with Crippen LogP contribution in [0.25, 0.3) is 5.57 Å². The van der Waals surface area contributed by atoms with E-state index in [0.717, 1.165) is 22.4 Å². The molecule has 1 saturated heterocycles. The van der Waals surface area contributed by atoms with Crippen molar-refractivity contribution in [3.05, 3.63) is 77.2 Å². The van der Waals surface area contributed by atoms with Gasteiger partial charge in [-0.05, 0) is 54.5 Å². The fraction of sp³-hybridized carbons (Fsp3) is 0.357. The van der Waals surface area contributed by atoms with Gasteiger partial charge < -0.3 is 22.2 Å². The third-order valence-corrected chi connectivity index (χ3v) is 6.95. The molecule has 5 unspecified atom stereocenters. The lowest BCUT2D eigenvalue weighted by Crippen LogP contribution is -2.33. The summed E-state index contributed by atoms with van der Waals surface area (Å²) in [6, 6.07) is 7.72. The molecular weight excluding hydrogens is 408 g/mol. The Morgan fingerprint density at radius 2 is 2.12 bits per heavy atom. The Balaban J connectivity index is 1.75. The molecular formula is C28H32N4O. The van der Waals surface area contributed by atoms with Crippen molar-refractivity contribution in [2.24, 2.45) is 35.1 Å². The molecule has 5 heteroatoms. The van der Waals surface area contributed by atoms with E-state index < -0.39 is 0 Å². The highest BCUT2D eigenvalue weighted by molar-refractivity contribution is 6.45. The summed E-state index contributed by atoms with van der Waals surface area (Å²) in [6.45, 7) is 8.78. The minimum absolute atomic E-state index is 0.0405. The lowest BCUT2D eigenvalue weighted by atomic mass is 9.74. The highest BCUT2D eigenvalue weighted by Crippen LogP contribution is 2.52. The molecule has 1 aromatic carbocycles. The van der Waals surface area contributed by atoms with Crippen LogP contribution >= 0.6 is 0 Å².